The molecule has 1 aromatic carbocycles. The van der Waals surface area contributed by atoms with Crippen molar-refractivity contribution in [3.05, 3.63) is 24.3 Å². The third-order valence-electron chi connectivity index (χ3n) is 2.63. The minimum atomic E-state index is -0.556. The molecular weight excluding hydrogens is 332 g/mol. The summed E-state index contributed by atoms with van der Waals surface area (Å²) < 4.78 is 5.06. The van der Waals surface area contributed by atoms with Crippen LogP contribution in [0.5, 0.6) is 5.75 Å². The summed E-state index contributed by atoms with van der Waals surface area (Å²) in [6, 6.07) is 7.21. The van der Waals surface area contributed by atoms with Crippen molar-refractivity contribution >= 4 is 44.5 Å². The quantitative estimate of drug-likeness (QED) is 0.831. The number of halogens is 1. The lowest BCUT2D eigenvalue weighted by Gasteiger charge is -2.13. The lowest BCUT2D eigenvalue weighted by molar-refractivity contribution is -0.125. The number of thioether (sulfide) groups is 1. The molecule has 0 saturated carbocycles. The van der Waals surface area contributed by atoms with Gasteiger partial charge in [-0.2, -0.15) is 0 Å². The summed E-state index contributed by atoms with van der Waals surface area (Å²) >= 11 is 4.23. The third-order valence-corrected chi connectivity index (χ3v) is 3.96. The average molecular weight is 345 g/mol. The highest BCUT2D eigenvalue weighted by atomic mass is 79.9. The van der Waals surface area contributed by atoms with Gasteiger partial charge in [0.15, 0.2) is 5.37 Å². The average Bonchev–Trinajstić information content (AvgIpc) is 2.68. The number of hydrogen-bond acceptors (Lipinski definition) is 5. The van der Waals surface area contributed by atoms with E-state index in [4.69, 9.17) is 4.74 Å². The van der Waals surface area contributed by atoms with Gasteiger partial charge in [-0.1, -0.05) is 15.9 Å². The molecule has 0 radical (unpaired) electrons. The second-order valence-corrected chi connectivity index (χ2v) is 5.66. The van der Waals surface area contributed by atoms with Gasteiger partial charge >= 0.3 is 0 Å². The fraction of sp³-hybridized carbons (Fsp3) is 0.333. The summed E-state index contributed by atoms with van der Waals surface area (Å²) in [4.78, 5) is 24.9. The Hall–Kier alpha value is -1.21. The zero-order chi connectivity index (χ0) is 13.8. The van der Waals surface area contributed by atoms with Crippen molar-refractivity contribution in [3.63, 3.8) is 0 Å². The zero-order valence-electron chi connectivity index (χ0n) is 10.3. The van der Waals surface area contributed by atoms with E-state index in [0.29, 0.717) is 11.9 Å². The number of imide groups is 1. The van der Waals surface area contributed by atoms with Crippen LogP contribution in [0.25, 0.3) is 0 Å². The standard InChI is InChI=1S/C12H13BrN2O3S/c1-18-9-4-2-8(3-5-9)14-10-11(16)15(7-6-13)12(17)19-10/h2-5,10,14H,6-7H2,1H3. The lowest BCUT2D eigenvalue weighted by Crippen LogP contribution is -2.35. The van der Waals surface area contributed by atoms with Gasteiger partial charge in [-0.25, -0.2) is 0 Å². The van der Waals surface area contributed by atoms with Gasteiger partial charge in [0.1, 0.15) is 5.75 Å². The molecule has 0 aromatic heterocycles. The number of nitrogens with zero attached hydrogens (tertiary/aromatic N) is 1. The molecule has 2 amide bonds. The molecule has 2 rings (SSSR count). The molecular formula is C12H13BrN2O3S. The molecule has 1 aliphatic rings. The molecule has 0 bridgehead atoms. The van der Waals surface area contributed by atoms with E-state index in [1.54, 1.807) is 19.2 Å². The van der Waals surface area contributed by atoms with Gasteiger partial charge in [-0.05, 0) is 36.0 Å². The Balaban J connectivity index is 2.03. The maximum absolute atomic E-state index is 12.0. The van der Waals surface area contributed by atoms with Crippen molar-refractivity contribution in [1.82, 2.24) is 4.90 Å². The molecule has 0 aliphatic carbocycles. The van der Waals surface area contributed by atoms with Crippen molar-refractivity contribution in [2.45, 2.75) is 5.37 Å². The van der Waals surface area contributed by atoms with Gasteiger partial charge in [-0.15, -0.1) is 0 Å². The first-order valence-corrected chi connectivity index (χ1v) is 7.64. The molecule has 102 valence electrons. The van der Waals surface area contributed by atoms with Crippen LogP contribution in [0.1, 0.15) is 0 Å². The van der Waals surface area contributed by atoms with E-state index in [1.807, 2.05) is 12.1 Å². The SMILES string of the molecule is COc1ccc(NC2SC(=O)N(CCBr)C2=O)cc1. The van der Waals surface area contributed by atoms with E-state index in [1.165, 1.54) is 4.90 Å². The predicted octanol–water partition coefficient (Wildman–Crippen LogP) is 2.52. The number of carbonyl (C=O) groups is 2. The Morgan fingerprint density at radius 1 is 1.37 bits per heavy atom. The molecule has 1 unspecified atom stereocenters. The van der Waals surface area contributed by atoms with Crippen LogP contribution >= 0.6 is 27.7 Å². The van der Waals surface area contributed by atoms with Crippen LogP contribution < -0.4 is 10.1 Å². The van der Waals surface area contributed by atoms with E-state index in [-0.39, 0.29) is 11.1 Å². The van der Waals surface area contributed by atoms with Gasteiger partial charge < -0.3 is 10.1 Å². The number of benzene rings is 1. The minimum Gasteiger partial charge on any atom is -0.497 e. The van der Waals surface area contributed by atoms with E-state index < -0.39 is 5.37 Å². The summed E-state index contributed by atoms with van der Waals surface area (Å²) in [5.41, 5.74) is 0.778. The van der Waals surface area contributed by atoms with Gasteiger partial charge in [0.25, 0.3) is 11.1 Å². The zero-order valence-corrected chi connectivity index (χ0v) is 12.7. The second-order valence-electron chi connectivity index (χ2n) is 3.82. The fourth-order valence-electron chi connectivity index (χ4n) is 1.66. The minimum absolute atomic E-state index is 0.203. The molecule has 1 saturated heterocycles. The molecule has 0 spiro atoms. The predicted molar refractivity (Wildman–Crippen MR) is 78.9 cm³/mol. The maximum Gasteiger partial charge on any atom is 0.290 e. The van der Waals surface area contributed by atoms with Crippen molar-refractivity contribution in [3.8, 4) is 5.75 Å². The number of rotatable bonds is 5. The van der Waals surface area contributed by atoms with Crippen LogP contribution in [-0.4, -0.2) is 40.4 Å². The molecule has 1 atom stereocenters. The summed E-state index contributed by atoms with van der Waals surface area (Å²) in [6.07, 6.45) is 0. The molecule has 7 heteroatoms. The van der Waals surface area contributed by atoms with Crippen molar-refractivity contribution in [1.29, 1.82) is 0 Å². The number of ether oxygens (including phenoxy) is 1. The number of hydrogen-bond donors (Lipinski definition) is 1. The highest BCUT2D eigenvalue weighted by molar-refractivity contribution is 9.09. The molecule has 1 heterocycles. The normalized spacial score (nSPS) is 18.8. The van der Waals surface area contributed by atoms with Crippen molar-refractivity contribution < 1.29 is 14.3 Å². The number of methoxy groups -OCH3 is 1. The maximum atomic E-state index is 12.0. The topological polar surface area (TPSA) is 58.6 Å². The smallest absolute Gasteiger partial charge is 0.290 e. The number of nitrogens with one attached hydrogen (secondary N) is 1. The first-order valence-electron chi connectivity index (χ1n) is 5.64. The van der Waals surface area contributed by atoms with Gasteiger partial charge in [0, 0.05) is 17.6 Å². The molecule has 1 aromatic rings. The van der Waals surface area contributed by atoms with Crippen molar-refractivity contribution in [2.24, 2.45) is 0 Å². The summed E-state index contributed by atoms with van der Waals surface area (Å²) in [5.74, 6) is 0.540. The third kappa shape index (κ3) is 3.22. The number of anilines is 1. The van der Waals surface area contributed by atoms with E-state index >= 15 is 0 Å². The summed E-state index contributed by atoms with van der Waals surface area (Å²) in [5, 5.41) is 2.86. The van der Waals surface area contributed by atoms with Gasteiger partial charge in [-0.3, -0.25) is 14.5 Å². The highest BCUT2D eigenvalue weighted by Gasteiger charge is 2.39. The van der Waals surface area contributed by atoms with Gasteiger partial charge in [0.2, 0.25) is 0 Å². The summed E-state index contributed by atoms with van der Waals surface area (Å²) in [6.45, 7) is 0.394. The van der Waals surface area contributed by atoms with Gasteiger partial charge in [0.05, 0.1) is 7.11 Å². The molecule has 5 nitrogen and oxygen atoms in total. The Morgan fingerprint density at radius 3 is 2.63 bits per heavy atom. The fourth-order valence-corrected chi connectivity index (χ4v) is 2.95. The first-order chi connectivity index (χ1) is 9.15. The van der Waals surface area contributed by atoms with Crippen LogP contribution in [0, 0.1) is 0 Å². The Kier molecular flexibility index (Phi) is 4.71. The monoisotopic (exact) mass is 344 g/mol. The van der Waals surface area contributed by atoms with Crippen LogP contribution in [0.2, 0.25) is 0 Å². The molecule has 1 aliphatic heterocycles. The highest BCUT2D eigenvalue weighted by Crippen LogP contribution is 2.28. The van der Waals surface area contributed by atoms with Crippen LogP contribution in [-0.2, 0) is 4.79 Å². The van der Waals surface area contributed by atoms with E-state index in [0.717, 1.165) is 23.2 Å². The Labute approximate surface area is 123 Å². The van der Waals surface area contributed by atoms with Crippen molar-refractivity contribution in [2.75, 3.05) is 24.3 Å². The molecule has 1 fully saturated rings. The largest absolute Gasteiger partial charge is 0.497 e. The Morgan fingerprint density at radius 2 is 2.05 bits per heavy atom. The lowest BCUT2D eigenvalue weighted by atomic mass is 10.3. The number of amides is 2. The second kappa shape index (κ2) is 6.29. The van der Waals surface area contributed by atoms with E-state index in [9.17, 15) is 9.59 Å². The van der Waals surface area contributed by atoms with Crippen LogP contribution in [0.15, 0.2) is 24.3 Å². The first kappa shape index (κ1) is 14.2. The number of carbonyl (C=O) groups excluding carboxylic acids is 2. The van der Waals surface area contributed by atoms with E-state index in [2.05, 4.69) is 21.2 Å². The van der Waals surface area contributed by atoms with Crippen LogP contribution in [0.4, 0.5) is 10.5 Å². The molecule has 19 heavy (non-hydrogen) atoms. The Bertz CT molecular complexity index is 480. The molecule has 1 N–H and O–H groups in total. The summed E-state index contributed by atoms with van der Waals surface area (Å²) in [7, 11) is 1.59. The number of alkyl halides is 1. The van der Waals surface area contributed by atoms with Crippen LogP contribution in [0.3, 0.4) is 0 Å².